The highest BCUT2D eigenvalue weighted by Gasteiger charge is 2.34. The molecule has 3 aromatic rings. The van der Waals surface area contributed by atoms with Gasteiger partial charge >= 0.3 is 0 Å². The average molecular weight is 575 g/mol. The van der Waals surface area contributed by atoms with Crippen LogP contribution in [-0.4, -0.2) is 67.1 Å². The summed E-state index contributed by atoms with van der Waals surface area (Å²) in [5.41, 5.74) is 1.90. The van der Waals surface area contributed by atoms with Gasteiger partial charge in [-0.3, -0.25) is 14.3 Å². The Labute approximate surface area is 230 Å². The second kappa shape index (κ2) is 10.5. The van der Waals surface area contributed by atoms with Crippen molar-refractivity contribution in [2.24, 2.45) is 13.0 Å². The van der Waals surface area contributed by atoms with E-state index in [1.54, 1.807) is 24.0 Å². The fourth-order valence-electron chi connectivity index (χ4n) is 4.62. The molecule has 2 aliphatic rings. The predicted octanol–water partition coefficient (Wildman–Crippen LogP) is 3.56. The van der Waals surface area contributed by atoms with Crippen molar-refractivity contribution >= 4 is 50.5 Å². The molecule has 13 heteroatoms. The molecule has 2 N–H and O–H groups in total. The summed E-state index contributed by atoms with van der Waals surface area (Å²) in [5.74, 6) is -0.602. The topological polar surface area (TPSA) is 117 Å². The Morgan fingerprint density at radius 1 is 1.05 bits per heavy atom. The van der Waals surface area contributed by atoms with E-state index in [0.717, 1.165) is 19.1 Å². The van der Waals surface area contributed by atoms with E-state index in [-0.39, 0.29) is 39.5 Å². The second-order valence-electron chi connectivity index (χ2n) is 9.89. The fourth-order valence-corrected chi connectivity index (χ4v) is 5.41. The van der Waals surface area contributed by atoms with Crippen molar-refractivity contribution in [3.05, 3.63) is 59.1 Å². The van der Waals surface area contributed by atoms with E-state index in [0.29, 0.717) is 37.6 Å². The van der Waals surface area contributed by atoms with Crippen molar-refractivity contribution in [3.8, 4) is 11.4 Å². The summed E-state index contributed by atoms with van der Waals surface area (Å²) in [4.78, 5) is 33.5. The van der Waals surface area contributed by atoms with Crippen molar-refractivity contribution < 1.29 is 22.4 Å². The number of nitrogens with zero attached hydrogens (tertiary/aromatic N) is 4. The van der Waals surface area contributed by atoms with Gasteiger partial charge in [0.25, 0.3) is 5.91 Å². The normalized spacial score (nSPS) is 15.8. The van der Waals surface area contributed by atoms with Gasteiger partial charge in [0.15, 0.2) is 5.82 Å². The molecule has 1 saturated carbocycles. The maximum atomic E-state index is 15.2. The first kappa shape index (κ1) is 26.9. The molecule has 2 aromatic heterocycles. The van der Waals surface area contributed by atoms with Crippen LogP contribution in [0.15, 0.2) is 42.7 Å². The van der Waals surface area contributed by atoms with E-state index < -0.39 is 21.7 Å². The van der Waals surface area contributed by atoms with E-state index >= 15 is 4.39 Å². The largest absolute Gasteiger partial charge is 0.367 e. The highest BCUT2D eigenvalue weighted by atomic mass is 35.5. The predicted molar refractivity (Wildman–Crippen MR) is 148 cm³/mol. The number of aromatic nitrogens is 2. The number of carbonyl (C=O) groups excluding carboxylic acids is 2. The quantitative estimate of drug-likeness (QED) is 0.446. The van der Waals surface area contributed by atoms with E-state index in [9.17, 15) is 18.0 Å². The zero-order valence-corrected chi connectivity index (χ0v) is 23.0. The minimum Gasteiger partial charge on any atom is -0.367 e. The van der Waals surface area contributed by atoms with Gasteiger partial charge in [0.1, 0.15) is 5.69 Å². The maximum Gasteiger partial charge on any atom is 0.257 e. The number of amides is 2. The van der Waals surface area contributed by atoms with Gasteiger partial charge in [0.05, 0.1) is 35.1 Å². The molecule has 5 rings (SSSR count). The first-order chi connectivity index (χ1) is 18.5. The van der Waals surface area contributed by atoms with Crippen molar-refractivity contribution in [2.45, 2.75) is 12.8 Å². The number of hydrogen-bond donors (Lipinski definition) is 2. The maximum absolute atomic E-state index is 15.2. The van der Waals surface area contributed by atoms with Crippen LogP contribution in [0.5, 0.6) is 0 Å². The zero-order valence-electron chi connectivity index (χ0n) is 21.4. The number of halogens is 2. The summed E-state index contributed by atoms with van der Waals surface area (Å²) >= 11 is 6.08. The van der Waals surface area contributed by atoms with Crippen molar-refractivity contribution in [1.29, 1.82) is 0 Å². The van der Waals surface area contributed by atoms with Crippen molar-refractivity contribution in [2.75, 3.05) is 47.4 Å². The second-order valence-corrected chi connectivity index (χ2v) is 12.1. The first-order valence-corrected chi connectivity index (χ1v) is 14.7. The molecule has 2 fully saturated rings. The van der Waals surface area contributed by atoms with E-state index in [2.05, 4.69) is 15.0 Å². The molecular weight excluding hydrogens is 547 g/mol. The lowest BCUT2D eigenvalue weighted by molar-refractivity contribution is -0.132. The Morgan fingerprint density at radius 3 is 2.38 bits per heavy atom. The number of pyridine rings is 1. The third-order valence-corrected chi connectivity index (χ3v) is 7.50. The molecular formula is C26H28ClFN6O4S. The Hall–Kier alpha value is -3.64. The summed E-state index contributed by atoms with van der Waals surface area (Å²) < 4.78 is 42.2. The molecule has 1 saturated heterocycles. The van der Waals surface area contributed by atoms with E-state index in [4.69, 9.17) is 11.6 Å². The number of carbonyl (C=O) groups is 2. The van der Waals surface area contributed by atoms with Crippen molar-refractivity contribution in [1.82, 2.24) is 14.5 Å². The molecule has 3 heterocycles. The van der Waals surface area contributed by atoms with Gasteiger partial charge in [0.2, 0.25) is 15.9 Å². The third kappa shape index (κ3) is 6.34. The van der Waals surface area contributed by atoms with Crippen LogP contribution >= 0.6 is 11.6 Å². The van der Waals surface area contributed by atoms with Crippen LogP contribution in [0.25, 0.3) is 11.4 Å². The van der Waals surface area contributed by atoms with Gasteiger partial charge in [-0.15, -0.1) is 0 Å². The van der Waals surface area contributed by atoms with Crippen LogP contribution in [0.1, 0.15) is 23.2 Å². The van der Waals surface area contributed by atoms with Gasteiger partial charge in [-0.05, 0) is 37.1 Å². The lowest BCUT2D eigenvalue weighted by Crippen LogP contribution is -2.49. The molecule has 0 spiro atoms. The van der Waals surface area contributed by atoms with Crippen LogP contribution in [0, 0.1) is 11.7 Å². The van der Waals surface area contributed by atoms with Crippen molar-refractivity contribution in [3.63, 3.8) is 0 Å². The number of anilines is 3. The number of sulfonamides is 1. The lowest BCUT2D eigenvalue weighted by atomic mass is 10.2. The smallest absolute Gasteiger partial charge is 0.257 e. The SMILES string of the molecule is Cn1cc(C(=O)Nc2cc(Cl)cc(NS(C)(=O)=O)c2)cc1-c1ncc(N2CCN(C(=O)C3CC3)CC2)cc1F. The summed E-state index contributed by atoms with van der Waals surface area (Å²) in [6.45, 7) is 2.43. The van der Waals surface area contributed by atoms with Gasteiger partial charge in [-0.2, -0.15) is 0 Å². The van der Waals surface area contributed by atoms with Crippen LogP contribution in [-0.2, 0) is 21.9 Å². The first-order valence-electron chi connectivity index (χ1n) is 12.4. The van der Waals surface area contributed by atoms with Gasteiger partial charge in [-0.1, -0.05) is 11.6 Å². The lowest BCUT2D eigenvalue weighted by Gasteiger charge is -2.36. The zero-order chi connectivity index (χ0) is 27.9. The molecule has 0 unspecified atom stereocenters. The summed E-state index contributed by atoms with van der Waals surface area (Å²) in [6.07, 6.45) is 6.11. The standard InChI is InChI=1S/C26H28ClFN6O4S/c1-32-15-17(25(35)30-19-10-18(27)11-20(12-19)31-39(2,37)38)9-23(32)24-22(28)13-21(14-29-24)33-5-7-34(8-6-33)26(36)16-3-4-16/h9-16,31H,3-8H2,1-2H3,(H,30,35). The molecule has 2 amide bonds. The molecule has 1 aliphatic heterocycles. The number of hydrogen-bond acceptors (Lipinski definition) is 6. The van der Waals surface area contributed by atoms with Gasteiger partial charge in [-0.25, -0.2) is 17.8 Å². The summed E-state index contributed by atoms with van der Waals surface area (Å²) in [5, 5.41) is 2.92. The van der Waals surface area contributed by atoms with Gasteiger partial charge in [0, 0.05) is 62.1 Å². The molecule has 10 nitrogen and oxygen atoms in total. The van der Waals surface area contributed by atoms with E-state index in [1.165, 1.54) is 30.3 Å². The average Bonchev–Trinajstić information content (AvgIpc) is 3.64. The number of aryl methyl sites for hydroxylation is 1. The summed E-state index contributed by atoms with van der Waals surface area (Å²) in [6, 6.07) is 7.30. The molecule has 1 aliphatic carbocycles. The summed E-state index contributed by atoms with van der Waals surface area (Å²) in [7, 11) is -1.85. The molecule has 206 valence electrons. The minimum atomic E-state index is -3.53. The Morgan fingerprint density at radius 2 is 1.74 bits per heavy atom. The number of piperazine rings is 1. The Balaban J connectivity index is 1.28. The minimum absolute atomic E-state index is 0.102. The highest BCUT2D eigenvalue weighted by molar-refractivity contribution is 7.92. The molecule has 39 heavy (non-hydrogen) atoms. The monoisotopic (exact) mass is 574 g/mol. The van der Waals surface area contributed by atoms with Crippen LogP contribution in [0.3, 0.4) is 0 Å². The molecule has 0 bridgehead atoms. The Bertz CT molecular complexity index is 1550. The number of benzene rings is 1. The van der Waals surface area contributed by atoms with Crippen LogP contribution < -0.4 is 14.9 Å². The highest BCUT2D eigenvalue weighted by Crippen LogP contribution is 2.32. The third-order valence-electron chi connectivity index (χ3n) is 6.68. The van der Waals surface area contributed by atoms with Crippen LogP contribution in [0.4, 0.5) is 21.5 Å². The molecule has 0 radical (unpaired) electrons. The molecule has 0 atom stereocenters. The van der Waals surface area contributed by atoms with Crippen LogP contribution in [0.2, 0.25) is 5.02 Å². The number of rotatable bonds is 7. The number of nitrogens with one attached hydrogen (secondary N) is 2. The van der Waals surface area contributed by atoms with E-state index in [1.807, 2.05) is 9.80 Å². The Kier molecular flexibility index (Phi) is 7.25. The molecule has 1 aromatic carbocycles. The fraction of sp³-hybridized carbons (Fsp3) is 0.346. The van der Waals surface area contributed by atoms with Gasteiger partial charge < -0.3 is 19.7 Å².